The average molecular weight is 316 g/mol. The highest BCUT2D eigenvalue weighted by molar-refractivity contribution is 5.85. The summed E-state index contributed by atoms with van der Waals surface area (Å²) in [7, 11) is 0. The maximum Gasteiger partial charge on any atom is 0.249 e. The fourth-order valence-electron chi connectivity index (χ4n) is 2.87. The first kappa shape index (κ1) is 15.6. The van der Waals surface area contributed by atoms with Crippen molar-refractivity contribution in [3.8, 4) is 6.07 Å². The van der Waals surface area contributed by atoms with Gasteiger partial charge < -0.3 is 15.3 Å². The van der Waals surface area contributed by atoms with Gasteiger partial charge in [-0.05, 0) is 11.6 Å². The smallest absolute Gasteiger partial charge is 0.249 e. The molecule has 1 aliphatic heterocycles. The molecule has 1 saturated heterocycles. The van der Waals surface area contributed by atoms with E-state index < -0.39 is 23.3 Å². The van der Waals surface area contributed by atoms with Crippen LogP contribution in [0, 0.1) is 11.3 Å². The molecular weight excluding hydrogens is 300 g/mol. The number of hydrogen-bond acceptors (Lipinski definition) is 6. The van der Waals surface area contributed by atoms with Crippen LogP contribution in [0.2, 0.25) is 0 Å². The summed E-state index contributed by atoms with van der Waals surface area (Å²) in [6, 6.07) is 10.7. The Kier molecular flexibility index (Phi) is 3.70. The molecule has 1 aromatic carbocycles. The molecule has 1 amide bonds. The fraction of sp³-hybridized carbons (Fsp3) is 0.375. The van der Waals surface area contributed by atoms with E-state index in [9.17, 15) is 20.1 Å². The van der Waals surface area contributed by atoms with Crippen LogP contribution >= 0.6 is 0 Å². The van der Waals surface area contributed by atoms with Crippen molar-refractivity contribution >= 4 is 5.91 Å². The van der Waals surface area contributed by atoms with E-state index in [0.29, 0.717) is 0 Å². The number of nitriles is 1. The molecule has 3 rings (SSSR count). The van der Waals surface area contributed by atoms with E-state index in [2.05, 4.69) is 0 Å². The molecule has 0 bridgehead atoms. The fourth-order valence-corrected chi connectivity index (χ4v) is 2.87. The van der Waals surface area contributed by atoms with Crippen molar-refractivity contribution in [1.29, 1.82) is 5.26 Å². The standard InChI is InChI=1S/C16H16N2O5/c17-10-16(22)7-6-15(13(20)14(16)21)8-12(19)18(15)23-9-11-4-2-1-3-5-11/h1-7,13-14,20-22H,8-9H2/t13-,14+,15+,16+/m1/s1. The molecule has 7 nitrogen and oxygen atoms in total. The number of aliphatic hydroxyl groups is 3. The van der Waals surface area contributed by atoms with Crippen molar-refractivity contribution in [3.05, 3.63) is 48.0 Å². The van der Waals surface area contributed by atoms with Crippen molar-refractivity contribution < 1.29 is 25.0 Å². The van der Waals surface area contributed by atoms with Crippen molar-refractivity contribution in [2.75, 3.05) is 0 Å². The highest BCUT2D eigenvalue weighted by Crippen LogP contribution is 2.43. The lowest BCUT2D eigenvalue weighted by Crippen LogP contribution is -2.73. The van der Waals surface area contributed by atoms with Gasteiger partial charge in [0, 0.05) is 0 Å². The van der Waals surface area contributed by atoms with Gasteiger partial charge in [0.25, 0.3) is 0 Å². The average Bonchev–Trinajstić information content (AvgIpc) is 2.56. The molecule has 1 aliphatic carbocycles. The second-order valence-electron chi connectivity index (χ2n) is 5.78. The van der Waals surface area contributed by atoms with E-state index in [-0.39, 0.29) is 18.9 Å². The third-order valence-electron chi connectivity index (χ3n) is 4.31. The second-order valence-corrected chi connectivity index (χ2v) is 5.78. The summed E-state index contributed by atoms with van der Waals surface area (Å²) >= 11 is 0. The van der Waals surface area contributed by atoms with Gasteiger partial charge in [-0.1, -0.05) is 36.4 Å². The highest BCUT2D eigenvalue weighted by atomic mass is 16.7. The number of rotatable bonds is 3. The zero-order valence-electron chi connectivity index (χ0n) is 12.2. The first-order valence-electron chi connectivity index (χ1n) is 7.13. The van der Waals surface area contributed by atoms with Crippen LogP contribution in [0.15, 0.2) is 42.5 Å². The lowest BCUT2D eigenvalue weighted by Gasteiger charge is -2.54. The molecule has 120 valence electrons. The van der Waals surface area contributed by atoms with Crippen LogP contribution in [0.5, 0.6) is 0 Å². The number of aliphatic hydroxyl groups excluding tert-OH is 2. The molecule has 0 aromatic heterocycles. The predicted molar refractivity (Wildman–Crippen MR) is 77.1 cm³/mol. The Morgan fingerprint density at radius 1 is 1.26 bits per heavy atom. The minimum Gasteiger partial charge on any atom is -0.387 e. The predicted octanol–water partition coefficient (Wildman–Crippen LogP) is -0.364. The van der Waals surface area contributed by atoms with E-state index >= 15 is 0 Å². The van der Waals surface area contributed by atoms with Gasteiger partial charge in [-0.2, -0.15) is 5.26 Å². The molecule has 1 spiro atoms. The zero-order chi connectivity index (χ0) is 16.7. The monoisotopic (exact) mass is 316 g/mol. The first-order valence-corrected chi connectivity index (χ1v) is 7.13. The normalized spacial score (nSPS) is 35.9. The largest absolute Gasteiger partial charge is 0.387 e. The van der Waals surface area contributed by atoms with Gasteiger partial charge >= 0.3 is 0 Å². The van der Waals surface area contributed by atoms with Gasteiger partial charge in [0.2, 0.25) is 5.91 Å². The summed E-state index contributed by atoms with van der Waals surface area (Å²) in [6.45, 7) is 0.119. The number of hydroxylamine groups is 2. The highest BCUT2D eigenvalue weighted by Gasteiger charge is 2.62. The summed E-state index contributed by atoms with van der Waals surface area (Å²) in [5, 5.41) is 40.2. The third-order valence-corrected chi connectivity index (χ3v) is 4.31. The number of amides is 1. The lowest BCUT2D eigenvalue weighted by atomic mass is 9.70. The third kappa shape index (κ3) is 2.33. The van der Waals surface area contributed by atoms with Crippen LogP contribution in [0.4, 0.5) is 0 Å². The summed E-state index contributed by atoms with van der Waals surface area (Å²) in [6.07, 6.45) is -0.910. The molecule has 1 fully saturated rings. The molecule has 0 radical (unpaired) electrons. The Labute approximate surface area is 132 Å². The van der Waals surface area contributed by atoms with Gasteiger partial charge in [0.15, 0.2) is 5.60 Å². The Balaban J connectivity index is 1.81. The van der Waals surface area contributed by atoms with Crippen molar-refractivity contribution in [3.63, 3.8) is 0 Å². The van der Waals surface area contributed by atoms with Crippen molar-refractivity contribution in [2.24, 2.45) is 0 Å². The molecule has 7 heteroatoms. The zero-order valence-corrected chi connectivity index (χ0v) is 12.2. The second kappa shape index (κ2) is 5.44. The number of carbonyl (C=O) groups is 1. The number of β-lactam (4-membered cyclic amide) rings is 1. The van der Waals surface area contributed by atoms with Crippen LogP contribution < -0.4 is 0 Å². The number of hydrogen-bond donors (Lipinski definition) is 3. The quantitative estimate of drug-likeness (QED) is 0.398. The summed E-state index contributed by atoms with van der Waals surface area (Å²) in [5.41, 5.74) is -2.62. The van der Waals surface area contributed by atoms with E-state index in [0.717, 1.165) is 16.7 Å². The molecule has 3 N–H and O–H groups in total. The molecular formula is C16H16N2O5. The van der Waals surface area contributed by atoms with Gasteiger partial charge in [-0.3, -0.25) is 9.63 Å². The van der Waals surface area contributed by atoms with Gasteiger partial charge in [-0.15, -0.1) is 0 Å². The van der Waals surface area contributed by atoms with E-state index in [1.165, 1.54) is 6.08 Å². The number of benzene rings is 1. The maximum atomic E-state index is 11.9. The minimum atomic E-state index is -2.19. The van der Waals surface area contributed by atoms with Gasteiger partial charge in [0.05, 0.1) is 6.42 Å². The van der Waals surface area contributed by atoms with E-state index in [4.69, 9.17) is 10.1 Å². The Morgan fingerprint density at radius 3 is 2.57 bits per heavy atom. The molecule has 2 aliphatic rings. The van der Waals surface area contributed by atoms with Crippen LogP contribution in [-0.4, -0.2) is 49.6 Å². The minimum absolute atomic E-state index is 0.0714. The topological polar surface area (TPSA) is 114 Å². The van der Waals surface area contributed by atoms with Gasteiger partial charge in [0.1, 0.15) is 30.4 Å². The number of carbonyl (C=O) groups excluding carboxylic acids is 1. The Morgan fingerprint density at radius 2 is 1.96 bits per heavy atom. The lowest BCUT2D eigenvalue weighted by molar-refractivity contribution is -0.282. The number of nitrogens with zero attached hydrogens (tertiary/aromatic N) is 2. The molecule has 1 aromatic rings. The molecule has 23 heavy (non-hydrogen) atoms. The first-order chi connectivity index (χ1) is 10.9. The molecule has 1 heterocycles. The SMILES string of the molecule is N#C[C@@]1(O)C=C[C@]2(CC(=O)N2OCc2ccccc2)[C@H](O)[C@@H]1O. The summed E-state index contributed by atoms with van der Waals surface area (Å²) in [4.78, 5) is 17.3. The van der Waals surface area contributed by atoms with E-state index in [1.807, 2.05) is 30.3 Å². The van der Waals surface area contributed by atoms with Crippen LogP contribution in [-0.2, 0) is 16.2 Å². The van der Waals surface area contributed by atoms with Crippen LogP contribution in [0.1, 0.15) is 12.0 Å². The molecule has 0 saturated carbocycles. The summed E-state index contributed by atoms with van der Waals surface area (Å²) in [5.74, 6) is -0.348. The van der Waals surface area contributed by atoms with Crippen molar-refractivity contribution in [1.82, 2.24) is 5.06 Å². The molecule has 4 atom stereocenters. The Bertz CT molecular complexity index is 685. The van der Waals surface area contributed by atoms with Crippen LogP contribution in [0.25, 0.3) is 0 Å². The van der Waals surface area contributed by atoms with Crippen LogP contribution in [0.3, 0.4) is 0 Å². The molecule has 0 unspecified atom stereocenters. The van der Waals surface area contributed by atoms with Gasteiger partial charge in [-0.25, -0.2) is 5.06 Å². The Hall–Kier alpha value is -2.24. The maximum absolute atomic E-state index is 11.9. The summed E-state index contributed by atoms with van der Waals surface area (Å²) < 4.78 is 0. The van der Waals surface area contributed by atoms with Crippen molar-refractivity contribution in [2.45, 2.75) is 36.4 Å². The van der Waals surface area contributed by atoms with E-state index in [1.54, 1.807) is 6.07 Å².